The number of hydrogen-bond donors (Lipinski definition) is 0. The van der Waals surface area contributed by atoms with E-state index in [2.05, 4.69) is 16.0 Å². The van der Waals surface area contributed by atoms with Crippen molar-refractivity contribution in [1.82, 2.24) is 9.88 Å². The highest BCUT2D eigenvalue weighted by Crippen LogP contribution is 2.33. The molecule has 0 saturated carbocycles. The van der Waals surface area contributed by atoms with E-state index in [-0.39, 0.29) is 18.1 Å². The predicted molar refractivity (Wildman–Crippen MR) is 90.5 cm³/mol. The molecule has 0 unspecified atom stereocenters. The fourth-order valence-electron chi connectivity index (χ4n) is 3.69. The van der Waals surface area contributed by atoms with Crippen LogP contribution in [0.4, 0.5) is 5.69 Å². The molecule has 0 aromatic carbocycles. The molecule has 128 valence electrons. The maximum atomic E-state index is 12.0. The second-order valence-electron chi connectivity index (χ2n) is 6.81. The fraction of sp³-hybridized carbons (Fsp3) is 0.611. The lowest BCUT2D eigenvalue weighted by molar-refractivity contribution is -0.141. The molecular formula is C18H24N4O2. The summed E-state index contributed by atoms with van der Waals surface area (Å²) in [7, 11) is 3.56. The summed E-state index contributed by atoms with van der Waals surface area (Å²) in [5, 5.41) is 8.98. The molecule has 2 atom stereocenters. The molecule has 2 fully saturated rings. The molecule has 3 heterocycles. The van der Waals surface area contributed by atoms with Crippen LogP contribution in [0.5, 0.6) is 0 Å². The quantitative estimate of drug-likeness (QED) is 0.846. The summed E-state index contributed by atoms with van der Waals surface area (Å²) in [4.78, 5) is 20.0. The van der Waals surface area contributed by atoms with Gasteiger partial charge in [0, 0.05) is 39.1 Å². The summed E-state index contributed by atoms with van der Waals surface area (Å²) in [6, 6.07) is 5.89. The molecular weight excluding hydrogens is 304 g/mol. The Labute approximate surface area is 143 Å². The normalized spacial score (nSPS) is 24.6. The molecule has 0 aliphatic carbocycles. The third-order valence-electron chi connectivity index (χ3n) is 5.06. The second-order valence-corrected chi connectivity index (χ2v) is 6.81. The molecule has 6 heteroatoms. The van der Waals surface area contributed by atoms with Crippen LogP contribution in [0.3, 0.4) is 0 Å². The van der Waals surface area contributed by atoms with Crippen LogP contribution in [0.15, 0.2) is 18.3 Å². The Morgan fingerprint density at radius 3 is 2.75 bits per heavy atom. The lowest BCUT2D eigenvalue weighted by Gasteiger charge is -2.36. The number of anilines is 1. The molecule has 6 nitrogen and oxygen atoms in total. The van der Waals surface area contributed by atoms with Crippen molar-refractivity contribution in [3.05, 3.63) is 24.0 Å². The molecule has 0 bridgehead atoms. The zero-order valence-electron chi connectivity index (χ0n) is 14.3. The Bertz CT molecular complexity index is 632. The number of hydrogen-bond acceptors (Lipinski definition) is 5. The zero-order chi connectivity index (χ0) is 17.1. The second kappa shape index (κ2) is 7.18. The molecule has 0 radical (unpaired) electrons. The Kier molecular flexibility index (Phi) is 5.00. The highest BCUT2D eigenvalue weighted by atomic mass is 16.5. The molecule has 1 aromatic rings. The molecule has 2 saturated heterocycles. The van der Waals surface area contributed by atoms with E-state index in [1.54, 1.807) is 25.2 Å². The third kappa shape index (κ3) is 3.51. The van der Waals surface area contributed by atoms with Gasteiger partial charge in [-0.15, -0.1) is 0 Å². The molecule has 0 spiro atoms. The average Bonchev–Trinajstić information content (AvgIpc) is 3.11. The lowest BCUT2D eigenvalue weighted by atomic mass is 9.89. The summed E-state index contributed by atoms with van der Waals surface area (Å²) >= 11 is 0. The van der Waals surface area contributed by atoms with Crippen LogP contribution >= 0.6 is 0 Å². The Morgan fingerprint density at radius 2 is 2.08 bits per heavy atom. The van der Waals surface area contributed by atoms with Gasteiger partial charge in [0.15, 0.2) is 0 Å². The van der Waals surface area contributed by atoms with Gasteiger partial charge >= 0.3 is 0 Å². The topological polar surface area (TPSA) is 69.5 Å². The Morgan fingerprint density at radius 1 is 1.33 bits per heavy atom. The number of piperidine rings is 1. The van der Waals surface area contributed by atoms with Gasteiger partial charge in [0.2, 0.25) is 0 Å². The number of rotatable bonds is 3. The van der Waals surface area contributed by atoms with Gasteiger partial charge in [0.1, 0.15) is 17.9 Å². The summed E-state index contributed by atoms with van der Waals surface area (Å²) in [6.45, 7) is 1.90. The summed E-state index contributed by atoms with van der Waals surface area (Å²) in [5.74, 6) is 0.592. The van der Waals surface area contributed by atoms with E-state index in [9.17, 15) is 4.79 Å². The van der Waals surface area contributed by atoms with Crippen molar-refractivity contribution in [2.45, 2.75) is 37.9 Å². The van der Waals surface area contributed by atoms with Crippen molar-refractivity contribution in [3.63, 3.8) is 0 Å². The number of carbonyl (C=O) groups excluding carboxylic acids is 1. The standard InChI is InChI=1S/C18H24N4O2/c1-21(2)18(23)17-4-3-16(24-17)13-6-9-22(10-7-13)15-5-8-20-14(11-15)12-19/h5,8,11,13,16-17H,3-4,6-7,9-10H2,1-2H3/t16-,17+/m0/s1. The number of aromatic nitrogens is 1. The molecule has 3 rings (SSSR count). The largest absolute Gasteiger partial charge is 0.371 e. The lowest BCUT2D eigenvalue weighted by Crippen LogP contribution is -2.39. The monoisotopic (exact) mass is 328 g/mol. The first-order valence-corrected chi connectivity index (χ1v) is 8.56. The molecule has 1 amide bonds. The predicted octanol–water partition coefficient (Wildman–Crippen LogP) is 1.81. The van der Waals surface area contributed by atoms with Crippen molar-refractivity contribution >= 4 is 11.6 Å². The van der Waals surface area contributed by atoms with Gasteiger partial charge < -0.3 is 14.5 Å². The van der Waals surface area contributed by atoms with Crippen LogP contribution < -0.4 is 4.90 Å². The maximum Gasteiger partial charge on any atom is 0.251 e. The first-order chi connectivity index (χ1) is 11.6. The highest BCUT2D eigenvalue weighted by molar-refractivity contribution is 5.80. The minimum Gasteiger partial charge on any atom is -0.371 e. The van der Waals surface area contributed by atoms with E-state index in [1.165, 1.54) is 0 Å². The molecule has 24 heavy (non-hydrogen) atoms. The molecule has 2 aliphatic rings. The van der Waals surface area contributed by atoms with Gasteiger partial charge in [-0.2, -0.15) is 5.26 Å². The Hall–Kier alpha value is -2.13. The first kappa shape index (κ1) is 16.7. The fourth-order valence-corrected chi connectivity index (χ4v) is 3.69. The first-order valence-electron chi connectivity index (χ1n) is 8.56. The molecule has 2 aliphatic heterocycles. The van der Waals surface area contributed by atoms with Crippen molar-refractivity contribution in [1.29, 1.82) is 5.26 Å². The van der Waals surface area contributed by atoms with Crippen LogP contribution in [-0.4, -0.2) is 55.2 Å². The van der Waals surface area contributed by atoms with Gasteiger partial charge in [-0.1, -0.05) is 0 Å². The van der Waals surface area contributed by atoms with Gasteiger partial charge in [0.25, 0.3) is 5.91 Å². The minimum absolute atomic E-state index is 0.0794. The third-order valence-corrected chi connectivity index (χ3v) is 5.06. The number of nitriles is 1. The van der Waals surface area contributed by atoms with Crippen molar-refractivity contribution < 1.29 is 9.53 Å². The Balaban J connectivity index is 1.54. The number of ether oxygens (including phenoxy) is 1. The van der Waals surface area contributed by atoms with Crippen LogP contribution in [0.1, 0.15) is 31.4 Å². The van der Waals surface area contributed by atoms with E-state index in [0.29, 0.717) is 11.6 Å². The van der Waals surface area contributed by atoms with Crippen LogP contribution in [-0.2, 0) is 9.53 Å². The summed E-state index contributed by atoms with van der Waals surface area (Å²) in [5.41, 5.74) is 1.52. The highest BCUT2D eigenvalue weighted by Gasteiger charge is 2.37. The van der Waals surface area contributed by atoms with E-state index in [0.717, 1.165) is 44.5 Å². The number of nitrogens with zero attached hydrogens (tertiary/aromatic N) is 4. The number of carbonyl (C=O) groups is 1. The van der Waals surface area contributed by atoms with Crippen LogP contribution in [0, 0.1) is 17.2 Å². The number of amides is 1. The summed E-state index contributed by atoms with van der Waals surface area (Å²) < 4.78 is 6.04. The summed E-state index contributed by atoms with van der Waals surface area (Å²) in [6.07, 6.45) is 5.54. The zero-order valence-corrected chi connectivity index (χ0v) is 14.3. The average molecular weight is 328 g/mol. The van der Waals surface area contributed by atoms with Crippen molar-refractivity contribution in [3.8, 4) is 6.07 Å². The van der Waals surface area contributed by atoms with E-state index >= 15 is 0 Å². The van der Waals surface area contributed by atoms with Gasteiger partial charge in [-0.05, 0) is 43.7 Å². The maximum absolute atomic E-state index is 12.0. The van der Waals surface area contributed by atoms with E-state index in [4.69, 9.17) is 10.00 Å². The molecule has 1 aromatic heterocycles. The van der Waals surface area contributed by atoms with Crippen molar-refractivity contribution in [2.75, 3.05) is 32.1 Å². The van der Waals surface area contributed by atoms with Crippen LogP contribution in [0.2, 0.25) is 0 Å². The van der Waals surface area contributed by atoms with Gasteiger partial charge in [-0.3, -0.25) is 4.79 Å². The number of pyridine rings is 1. The molecule has 0 N–H and O–H groups in total. The minimum atomic E-state index is -0.263. The van der Waals surface area contributed by atoms with Gasteiger partial charge in [0.05, 0.1) is 6.10 Å². The van der Waals surface area contributed by atoms with Gasteiger partial charge in [-0.25, -0.2) is 4.98 Å². The number of likely N-dealkylation sites (N-methyl/N-ethyl adjacent to an activating group) is 1. The van der Waals surface area contributed by atoms with Crippen molar-refractivity contribution in [2.24, 2.45) is 5.92 Å². The van der Waals surface area contributed by atoms with Crippen LogP contribution in [0.25, 0.3) is 0 Å². The van der Waals surface area contributed by atoms with E-state index in [1.807, 2.05) is 12.1 Å². The SMILES string of the molecule is CN(C)C(=O)[C@H]1CC[C@@H](C2CCN(c3ccnc(C#N)c3)CC2)O1. The van der Waals surface area contributed by atoms with E-state index < -0.39 is 0 Å². The smallest absolute Gasteiger partial charge is 0.251 e.